The SMILES string of the molecule is CCCCCC/C=C\C=C/CCCCCCCC(=O)O[C@H](COC(=O)CCCCCCCCCCCC)COP(=O)(O)OC[C@@H](O)COP(=O)(O)OC[C@@H](COC(=O)CCCCCCCCCCC)OC(=O)CCCCCCCCCCCC. The van der Waals surface area contributed by atoms with Gasteiger partial charge in [0.1, 0.15) is 19.3 Å². The first-order valence-corrected chi connectivity index (χ1v) is 36.6. The fraction of sp³-hybridized carbons (Fsp3) is 0.877. The summed E-state index contributed by atoms with van der Waals surface area (Å²) in [5, 5.41) is 10.5. The molecule has 19 heteroatoms. The third-order valence-electron chi connectivity index (χ3n) is 14.5. The first kappa shape index (κ1) is 81.5. The van der Waals surface area contributed by atoms with Gasteiger partial charge in [-0.25, -0.2) is 9.13 Å². The molecule has 0 aromatic rings. The van der Waals surface area contributed by atoms with Crippen LogP contribution in [-0.4, -0.2) is 96.7 Å². The van der Waals surface area contributed by atoms with Crippen LogP contribution in [0.2, 0.25) is 0 Å². The molecule has 2 unspecified atom stereocenters. The molecule has 0 bridgehead atoms. The molecule has 0 radical (unpaired) electrons. The van der Waals surface area contributed by atoms with Crippen LogP contribution in [-0.2, 0) is 65.4 Å². The lowest BCUT2D eigenvalue weighted by Gasteiger charge is -2.21. The Labute approximate surface area is 510 Å². The molecule has 0 spiro atoms. The Balaban J connectivity index is 5.26. The Bertz CT molecular complexity index is 1710. The summed E-state index contributed by atoms with van der Waals surface area (Å²) in [6, 6.07) is 0. The highest BCUT2D eigenvalue weighted by Gasteiger charge is 2.30. The minimum Gasteiger partial charge on any atom is -0.462 e. The van der Waals surface area contributed by atoms with Crippen molar-refractivity contribution in [1.82, 2.24) is 0 Å². The van der Waals surface area contributed by atoms with Crippen molar-refractivity contribution in [3.63, 3.8) is 0 Å². The molecule has 17 nitrogen and oxygen atoms in total. The number of carbonyl (C=O) groups excluding carboxylic acids is 4. The standard InChI is InChI=1S/C65H122O17P2/c1-5-9-13-17-21-25-28-29-30-31-32-36-40-44-48-52-65(70)82-61(56-76-63(68)50-46-42-38-34-26-22-18-14-10-6-2)58-80-84(73,74)78-54-59(66)53-77-83(71,72)79-57-60(55-75-62(67)49-45-41-37-33-24-20-16-12-8-4)81-64(69)51-47-43-39-35-27-23-19-15-11-7-3/h25,28-30,59-61,66H,5-24,26-27,31-58H2,1-4H3,(H,71,72)(H,73,74)/b28-25-,30-29-/t59-,60+,61+/m0/s1. The lowest BCUT2D eigenvalue weighted by atomic mass is 10.1. The maximum absolute atomic E-state index is 13.0. The number of aliphatic hydroxyl groups is 1. The molecule has 0 saturated heterocycles. The van der Waals surface area contributed by atoms with Gasteiger partial charge in [0, 0.05) is 25.7 Å². The van der Waals surface area contributed by atoms with E-state index in [2.05, 4.69) is 52.0 Å². The van der Waals surface area contributed by atoms with Gasteiger partial charge >= 0.3 is 39.5 Å². The monoisotopic (exact) mass is 1240 g/mol. The molecule has 494 valence electrons. The molecule has 0 aliphatic rings. The summed E-state index contributed by atoms with van der Waals surface area (Å²) in [7, 11) is -9.90. The summed E-state index contributed by atoms with van der Waals surface area (Å²) in [6.07, 6.45) is 47.9. The second kappa shape index (κ2) is 59.5. The van der Waals surface area contributed by atoms with Crippen LogP contribution in [0.25, 0.3) is 0 Å². The van der Waals surface area contributed by atoms with Crippen molar-refractivity contribution in [3.05, 3.63) is 24.3 Å². The van der Waals surface area contributed by atoms with Crippen molar-refractivity contribution >= 4 is 39.5 Å². The third-order valence-corrected chi connectivity index (χ3v) is 16.4. The molecule has 0 rings (SSSR count). The van der Waals surface area contributed by atoms with Crippen molar-refractivity contribution in [3.8, 4) is 0 Å². The molecule has 0 aliphatic heterocycles. The Morgan fingerprint density at radius 2 is 0.571 bits per heavy atom. The molecule has 0 amide bonds. The fourth-order valence-corrected chi connectivity index (χ4v) is 10.8. The molecule has 5 atom stereocenters. The summed E-state index contributed by atoms with van der Waals surface area (Å²) in [5.74, 6) is -2.16. The normalized spacial score (nSPS) is 14.3. The minimum atomic E-state index is -4.95. The van der Waals surface area contributed by atoms with E-state index in [4.69, 9.17) is 37.0 Å². The maximum atomic E-state index is 13.0. The number of hydrogen-bond donors (Lipinski definition) is 3. The van der Waals surface area contributed by atoms with Gasteiger partial charge in [-0.05, 0) is 51.4 Å². The van der Waals surface area contributed by atoms with Crippen LogP contribution in [0.4, 0.5) is 0 Å². The molecule has 84 heavy (non-hydrogen) atoms. The van der Waals surface area contributed by atoms with Crippen molar-refractivity contribution in [2.24, 2.45) is 0 Å². The number of phosphoric acid groups is 2. The van der Waals surface area contributed by atoms with Crippen molar-refractivity contribution in [2.75, 3.05) is 39.6 Å². The third kappa shape index (κ3) is 58.6. The largest absolute Gasteiger partial charge is 0.472 e. The van der Waals surface area contributed by atoms with Crippen LogP contribution in [0, 0.1) is 0 Å². The number of carbonyl (C=O) groups is 4. The van der Waals surface area contributed by atoms with E-state index < -0.39 is 97.5 Å². The van der Waals surface area contributed by atoms with Gasteiger partial charge in [0.15, 0.2) is 12.2 Å². The quantitative estimate of drug-likeness (QED) is 0.0169. The average molecular weight is 1240 g/mol. The highest BCUT2D eigenvalue weighted by molar-refractivity contribution is 7.47. The van der Waals surface area contributed by atoms with Gasteiger partial charge < -0.3 is 33.8 Å². The molecule has 0 heterocycles. The van der Waals surface area contributed by atoms with E-state index in [0.29, 0.717) is 25.7 Å². The van der Waals surface area contributed by atoms with E-state index in [1.54, 1.807) is 0 Å². The summed E-state index contributed by atoms with van der Waals surface area (Å²) >= 11 is 0. The van der Waals surface area contributed by atoms with E-state index in [1.807, 2.05) is 0 Å². The molecule has 0 aromatic carbocycles. The Hall–Kier alpha value is -2.46. The van der Waals surface area contributed by atoms with E-state index in [1.165, 1.54) is 128 Å². The summed E-state index contributed by atoms with van der Waals surface area (Å²) < 4.78 is 67.9. The van der Waals surface area contributed by atoms with Crippen LogP contribution in [0.1, 0.15) is 310 Å². The van der Waals surface area contributed by atoms with E-state index >= 15 is 0 Å². The number of rotatable bonds is 64. The zero-order chi connectivity index (χ0) is 61.9. The zero-order valence-corrected chi connectivity index (χ0v) is 55.1. The summed E-state index contributed by atoms with van der Waals surface area (Å²) in [6.45, 7) is 4.80. The highest BCUT2D eigenvalue weighted by Crippen LogP contribution is 2.45. The zero-order valence-electron chi connectivity index (χ0n) is 53.3. The smallest absolute Gasteiger partial charge is 0.462 e. The number of hydrogen-bond acceptors (Lipinski definition) is 15. The molecule has 3 N–H and O–H groups in total. The molecule has 0 fully saturated rings. The Morgan fingerprint density at radius 1 is 0.333 bits per heavy atom. The van der Waals surface area contributed by atoms with Crippen LogP contribution in [0.5, 0.6) is 0 Å². The van der Waals surface area contributed by atoms with Crippen molar-refractivity contribution in [2.45, 2.75) is 329 Å². The molecule has 0 saturated carbocycles. The van der Waals surface area contributed by atoms with Gasteiger partial charge in [0.25, 0.3) is 0 Å². The molecular formula is C65H122O17P2. The molecular weight excluding hydrogens is 1110 g/mol. The predicted molar refractivity (Wildman–Crippen MR) is 335 cm³/mol. The predicted octanol–water partition coefficient (Wildman–Crippen LogP) is 17.9. The van der Waals surface area contributed by atoms with Gasteiger partial charge in [-0.15, -0.1) is 0 Å². The van der Waals surface area contributed by atoms with Crippen molar-refractivity contribution < 1.29 is 80.2 Å². The van der Waals surface area contributed by atoms with Crippen LogP contribution < -0.4 is 0 Å². The van der Waals surface area contributed by atoms with Gasteiger partial charge in [-0.1, -0.05) is 257 Å². The molecule has 0 aromatic heterocycles. The lowest BCUT2D eigenvalue weighted by molar-refractivity contribution is -0.161. The average Bonchev–Trinajstić information content (AvgIpc) is 3.64. The lowest BCUT2D eigenvalue weighted by Crippen LogP contribution is -2.30. The number of ether oxygens (including phenoxy) is 4. The topological polar surface area (TPSA) is 237 Å². The first-order valence-electron chi connectivity index (χ1n) is 33.6. The number of allylic oxidation sites excluding steroid dienone is 4. The van der Waals surface area contributed by atoms with Crippen LogP contribution in [0.3, 0.4) is 0 Å². The maximum Gasteiger partial charge on any atom is 0.472 e. The van der Waals surface area contributed by atoms with E-state index in [0.717, 1.165) is 103 Å². The summed E-state index contributed by atoms with van der Waals surface area (Å²) in [4.78, 5) is 72.2. The van der Waals surface area contributed by atoms with Crippen LogP contribution in [0.15, 0.2) is 24.3 Å². The summed E-state index contributed by atoms with van der Waals surface area (Å²) in [5.41, 5.74) is 0. The van der Waals surface area contributed by atoms with Gasteiger partial charge in [-0.2, -0.15) is 0 Å². The number of unbranched alkanes of at least 4 members (excludes halogenated alkanes) is 35. The second-order valence-corrected chi connectivity index (χ2v) is 25.7. The number of aliphatic hydroxyl groups excluding tert-OH is 1. The second-order valence-electron chi connectivity index (χ2n) is 22.8. The minimum absolute atomic E-state index is 0.0854. The molecule has 0 aliphatic carbocycles. The van der Waals surface area contributed by atoms with E-state index in [9.17, 15) is 43.2 Å². The van der Waals surface area contributed by atoms with Crippen LogP contribution >= 0.6 is 15.6 Å². The first-order chi connectivity index (χ1) is 40.7. The highest BCUT2D eigenvalue weighted by atomic mass is 31.2. The van der Waals surface area contributed by atoms with Gasteiger partial charge in [-0.3, -0.25) is 37.3 Å². The Morgan fingerprint density at radius 3 is 0.869 bits per heavy atom. The Kier molecular flexibility index (Phi) is 57.8. The fourth-order valence-electron chi connectivity index (χ4n) is 9.27. The number of esters is 4. The van der Waals surface area contributed by atoms with Gasteiger partial charge in [0.05, 0.1) is 26.4 Å². The van der Waals surface area contributed by atoms with E-state index in [-0.39, 0.29) is 25.7 Å². The van der Waals surface area contributed by atoms with Gasteiger partial charge in [0.2, 0.25) is 0 Å². The van der Waals surface area contributed by atoms with Crippen molar-refractivity contribution in [1.29, 1.82) is 0 Å². The number of phosphoric ester groups is 2.